The van der Waals surface area contributed by atoms with Gasteiger partial charge >= 0.3 is 12.1 Å². The molecule has 0 unspecified atom stereocenters. The molecule has 3 aromatic rings. The van der Waals surface area contributed by atoms with Crippen molar-refractivity contribution in [1.82, 2.24) is 5.32 Å². The van der Waals surface area contributed by atoms with Gasteiger partial charge in [0.15, 0.2) is 0 Å². The lowest BCUT2D eigenvalue weighted by molar-refractivity contribution is -0.156. The molecule has 0 amide bonds. The molecule has 0 bridgehead atoms. The van der Waals surface area contributed by atoms with Gasteiger partial charge in [-0.1, -0.05) is 54.3 Å². The molecule has 0 aromatic heterocycles. The smallest absolute Gasteiger partial charge is 0.404 e. The van der Waals surface area contributed by atoms with Crippen molar-refractivity contribution in [2.45, 2.75) is 31.6 Å². The monoisotopic (exact) mass is 455 g/mol. The highest BCUT2D eigenvalue weighted by atomic mass is 19.4. The third-order valence-electron chi connectivity index (χ3n) is 5.29. The number of carbonyl (C=O) groups excluding carboxylic acids is 1. The van der Waals surface area contributed by atoms with E-state index in [9.17, 15) is 18.0 Å². The normalized spacial score (nSPS) is 13.0. The van der Waals surface area contributed by atoms with E-state index in [-0.39, 0.29) is 5.56 Å². The van der Waals surface area contributed by atoms with Gasteiger partial charge in [0, 0.05) is 12.5 Å². The number of rotatable bonds is 6. The molecule has 7 heteroatoms. The molecule has 0 saturated heterocycles. The summed E-state index contributed by atoms with van der Waals surface area (Å²) in [6.45, 7) is 1.71. The third-order valence-corrected chi connectivity index (χ3v) is 5.29. The van der Waals surface area contributed by atoms with Crippen LogP contribution in [0, 0.1) is 11.8 Å². The number of halogens is 3. The van der Waals surface area contributed by atoms with E-state index in [1.165, 1.54) is 32.4 Å². The van der Waals surface area contributed by atoms with Crippen LogP contribution in [0.4, 0.5) is 13.2 Å². The van der Waals surface area contributed by atoms with Gasteiger partial charge in [-0.05, 0) is 41.5 Å². The van der Waals surface area contributed by atoms with Crippen LogP contribution >= 0.6 is 0 Å². The molecule has 3 rings (SSSR count). The van der Waals surface area contributed by atoms with Crippen molar-refractivity contribution in [2.75, 3.05) is 14.2 Å². The Labute approximate surface area is 190 Å². The lowest BCUT2D eigenvalue weighted by Crippen LogP contribution is -2.43. The standard InChI is InChI=1S/C26H24F3NO3/c1-17(21-12-6-9-18-8-4-5-11-22(18)21)30-24(26(27,28)29)13-7-10-19-16-20(25(31)33-3)14-15-23(19)32-2/h4-6,8-9,11-12,14-17,24,30H,13H2,1-3H3/t17-,24-/m1/s1. The van der Waals surface area contributed by atoms with Gasteiger partial charge in [-0.2, -0.15) is 13.2 Å². The van der Waals surface area contributed by atoms with Gasteiger partial charge in [0.25, 0.3) is 0 Å². The van der Waals surface area contributed by atoms with Crippen molar-refractivity contribution in [3.8, 4) is 17.6 Å². The van der Waals surface area contributed by atoms with Crippen LogP contribution in [-0.2, 0) is 4.74 Å². The van der Waals surface area contributed by atoms with Crippen molar-refractivity contribution in [1.29, 1.82) is 0 Å². The number of nitrogens with one attached hydrogen (secondary N) is 1. The maximum atomic E-state index is 13.8. The summed E-state index contributed by atoms with van der Waals surface area (Å²) in [5.41, 5.74) is 1.32. The van der Waals surface area contributed by atoms with Crippen molar-refractivity contribution < 1.29 is 27.4 Å². The number of hydrogen-bond acceptors (Lipinski definition) is 4. The first-order valence-corrected chi connectivity index (χ1v) is 10.3. The van der Waals surface area contributed by atoms with Gasteiger partial charge in [0.05, 0.1) is 25.3 Å². The van der Waals surface area contributed by atoms with Crippen LogP contribution in [0.15, 0.2) is 60.7 Å². The first-order chi connectivity index (χ1) is 15.7. The van der Waals surface area contributed by atoms with E-state index in [1.54, 1.807) is 6.92 Å². The highest BCUT2D eigenvalue weighted by Gasteiger charge is 2.39. The van der Waals surface area contributed by atoms with Crippen molar-refractivity contribution >= 4 is 16.7 Å². The van der Waals surface area contributed by atoms with Crippen LogP contribution in [0.5, 0.6) is 5.75 Å². The number of carbonyl (C=O) groups is 1. The molecular weight excluding hydrogens is 431 g/mol. The minimum Gasteiger partial charge on any atom is -0.495 e. The summed E-state index contributed by atoms with van der Waals surface area (Å²) in [7, 11) is 2.67. The number of benzene rings is 3. The van der Waals surface area contributed by atoms with Gasteiger partial charge in [-0.3, -0.25) is 5.32 Å². The predicted molar refractivity (Wildman–Crippen MR) is 121 cm³/mol. The first-order valence-electron chi connectivity index (χ1n) is 10.3. The number of esters is 1. The molecule has 0 aliphatic carbocycles. The summed E-state index contributed by atoms with van der Waals surface area (Å²) in [4.78, 5) is 11.8. The second kappa shape index (κ2) is 10.4. The maximum absolute atomic E-state index is 13.8. The average molecular weight is 455 g/mol. The first kappa shape index (κ1) is 24.1. The largest absolute Gasteiger partial charge is 0.495 e. The minimum atomic E-state index is -4.49. The summed E-state index contributed by atoms with van der Waals surface area (Å²) in [6.07, 6.45) is -4.96. The summed E-state index contributed by atoms with van der Waals surface area (Å²) in [5.74, 6) is 5.09. The SMILES string of the molecule is COC(=O)c1ccc(OC)c(C#CC[C@@H](N[C@H](C)c2cccc3ccccc23)C(F)(F)F)c1. The van der Waals surface area contributed by atoms with Gasteiger partial charge in [-0.25, -0.2) is 4.79 Å². The second-order valence-electron chi connectivity index (χ2n) is 7.46. The Morgan fingerprint density at radius 1 is 1.06 bits per heavy atom. The fourth-order valence-electron chi connectivity index (χ4n) is 3.59. The van der Waals surface area contributed by atoms with E-state index in [0.717, 1.165) is 16.3 Å². The molecule has 0 fully saturated rings. The fourth-order valence-corrected chi connectivity index (χ4v) is 3.59. The highest BCUT2D eigenvalue weighted by Crippen LogP contribution is 2.29. The number of ether oxygens (including phenoxy) is 2. The van der Waals surface area contributed by atoms with Crippen LogP contribution in [0.3, 0.4) is 0 Å². The van der Waals surface area contributed by atoms with Gasteiger partial charge in [0.2, 0.25) is 0 Å². The van der Waals surface area contributed by atoms with Crippen LogP contribution in [0.2, 0.25) is 0 Å². The third kappa shape index (κ3) is 5.85. The Bertz CT molecular complexity index is 1190. The lowest BCUT2D eigenvalue weighted by atomic mass is 9.98. The Morgan fingerprint density at radius 3 is 2.48 bits per heavy atom. The number of fused-ring (bicyclic) bond motifs is 1. The molecular formula is C26H24F3NO3. The Morgan fingerprint density at radius 2 is 1.79 bits per heavy atom. The van der Waals surface area contributed by atoms with Gasteiger partial charge < -0.3 is 9.47 Å². The van der Waals surface area contributed by atoms with Crippen molar-refractivity contribution in [2.24, 2.45) is 0 Å². The molecule has 172 valence electrons. The molecule has 0 heterocycles. The quantitative estimate of drug-likeness (QED) is 0.385. The van der Waals surface area contributed by atoms with Crippen LogP contribution < -0.4 is 10.1 Å². The summed E-state index contributed by atoms with van der Waals surface area (Å²) >= 11 is 0. The number of alkyl halides is 3. The predicted octanol–water partition coefficient (Wildman–Crippen LogP) is 5.66. The highest BCUT2D eigenvalue weighted by molar-refractivity contribution is 5.90. The Kier molecular flexibility index (Phi) is 7.62. The Hall–Kier alpha value is -3.50. The van der Waals surface area contributed by atoms with Crippen LogP contribution in [0.25, 0.3) is 10.8 Å². The van der Waals surface area contributed by atoms with E-state index in [2.05, 4.69) is 21.9 Å². The van der Waals surface area contributed by atoms with E-state index in [0.29, 0.717) is 11.3 Å². The summed E-state index contributed by atoms with van der Waals surface area (Å²) in [5, 5.41) is 4.55. The van der Waals surface area contributed by atoms with E-state index in [1.807, 2.05) is 42.5 Å². The van der Waals surface area contributed by atoms with E-state index >= 15 is 0 Å². The zero-order chi connectivity index (χ0) is 24.0. The van der Waals surface area contributed by atoms with E-state index in [4.69, 9.17) is 4.74 Å². The maximum Gasteiger partial charge on any atom is 0.404 e. The summed E-state index contributed by atoms with van der Waals surface area (Å²) < 4.78 is 51.2. The fraction of sp³-hybridized carbons (Fsp3) is 0.269. The zero-order valence-electron chi connectivity index (χ0n) is 18.5. The molecule has 33 heavy (non-hydrogen) atoms. The van der Waals surface area contributed by atoms with Crippen molar-refractivity contribution in [3.63, 3.8) is 0 Å². The minimum absolute atomic E-state index is 0.234. The molecule has 0 radical (unpaired) electrons. The molecule has 0 aliphatic heterocycles. The molecule has 0 spiro atoms. The molecule has 0 aliphatic rings. The van der Waals surface area contributed by atoms with Gasteiger partial charge in [-0.15, -0.1) is 0 Å². The van der Waals surface area contributed by atoms with Crippen molar-refractivity contribution in [3.05, 3.63) is 77.4 Å². The molecule has 2 atom stereocenters. The van der Waals surface area contributed by atoms with E-state index < -0.39 is 30.7 Å². The second-order valence-corrected chi connectivity index (χ2v) is 7.46. The molecule has 1 N–H and O–H groups in total. The van der Waals surface area contributed by atoms with Gasteiger partial charge in [0.1, 0.15) is 11.8 Å². The molecule has 0 saturated carbocycles. The topological polar surface area (TPSA) is 47.6 Å². The lowest BCUT2D eigenvalue weighted by Gasteiger charge is -2.25. The number of hydrogen-bond donors (Lipinski definition) is 1. The molecule has 3 aromatic carbocycles. The summed E-state index contributed by atoms with van der Waals surface area (Å²) in [6, 6.07) is 15.2. The number of methoxy groups -OCH3 is 2. The zero-order valence-corrected chi connectivity index (χ0v) is 18.5. The Balaban J connectivity index is 1.84. The van der Waals surface area contributed by atoms with Crippen LogP contribution in [0.1, 0.15) is 40.9 Å². The molecule has 4 nitrogen and oxygen atoms in total. The van der Waals surface area contributed by atoms with Crippen LogP contribution in [-0.4, -0.2) is 32.4 Å². The average Bonchev–Trinajstić information content (AvgIpc) is 2.81.